The molecule has 0 amide bonds. The fourth-order valence-corrected chi connectivity index (χ4v) is 6.06. The highest BCUT2D eigenvalue weighted by molar-refractivity contribution is 5.85. The number of carbonyl (C=O) groups excluding carboxylic acids is 1. The van der Waals surface area contributed by atoms with Crippen molar-refractivity contribution >= 4 is 17.7 Å². The Morgan fingerprint density at radius 1 is 1.18 bits per heavy atom. The molecule has 0 saturated heterocycles. The number of aliphatic hydroxyl groups is 2. The molecule has 0 aliphatic heterocycles. The summed E-state index contributed by atoms with van der Waals surface area (Å²) in [7, 11) is 0. The normalized spacial score (nSPS) is 22.7. The largest absolute Gasteiger partial charge is 0.546 e. The van der Waals surface area contributed by atoms with E-state index in [9.17, 15) is 24.9 Å². The Labute approximate surface area is 238 Å². The lowest BCUT2D eigenvalue weighted by atomic mass is 9.73. The van der Waals surface area contributed by atoms with Crippen molar-refractivity contribution in [2.24, 2.45) is 23.5 Å². The zero-order chi connectivity index (χ0) is 29.7. The van der Waals surface area contributed by atoms with Crippen molar-refractivity contribution in [3.63, 3.8) is 0 Å². The molecule has 0 heterocycles. The average Bonchev–Trinajstić information content (AvgIpc) is 3.21. The summed E-state index contributed by atoms with van der Waals surface area (Å²) in [6.45, 7) is 5.15. The lowest BCUT2D eigenvalue weighted by Crippen LogP contribution is -2.30. The van der Waals surface area contributed by atoms with Gasteiger partial charge in [-0.3, -0.25) is 10.2 Å². The van der Waals surface area contributed by atoms with Crippen LogP contribution in [-0.2, 0) is 22.4 Å². The van der Waals surface area contributed by atoms with E-state index in [4.69, 9.17) is 21.0 Å². The molecule has 0 bridgehead atoms. The summed E-state index contributed by atoms with van der Waals surface area (Å²) in [5.41, 5.74) is 7.93. The van der Waals surface area contributed by atoms with Gasteiger partial charge in [-0.2, -0.15) is 0 Å². The van der Waals surface area contributed by atoms with Gasteiger partial charge in [0.15, 0.2) is 5.71 Å². The molecular formula is C31H48N2O7. The van der Waals surface area contributed by atoms with E-state index in [2.05, 4.69) is 19.9 Å². The molecule has 224 valence electrons. The Bertz CT molecular complexity index is 954. The van der Waals surface area contributed by atoms with E-state index in [1.54, 1.807) is 0 Å². The molecular weight excluding hydrogens is 512 g/mol. The fourth-order valence-electron chi connectivity index (χ4n) is 6.06. The molecule has 0 spiro atoms. The van der Waals surface area contributed by atoms with E-state index >= 15 is 0 Å². The second kappa shape index (κ2) is 17.3. The van der Waals surface area contributed by atoms with Crippen LogP contribution in [0.3, 0.4) is 0 Å². The van der Waals surface area contributed by atoms with E-state index in [-0.39, 0.29) is 18.1 Å². The molecule has 2 aliphatic carbocycles. The second-order valence-corrected chi connectivity index (χ2v) is 11.4. The predicted octanol–water partition coefficient (Wildman–Crippen LogP) is 3.06. The summed E-state index contributed by atoms with van der Waals surface area (Å²) in [4.78, 5) is 21.0. The molecule has 0 unspecified atom stereocenters. The Kier molecular flexibility index (Phi) is 14.5. The zero-order valence-corrected chi connectivity index (χ0v) is 23.9. The number of aliphatic hydroxyl groups excluding tert-OH is 2. The summed E-state index contributed by atoms with van der Waals surface area (Å²) in [6, 6.07) is 5.04. The molecule has 9 heteroatoms. The number of nitrogens with two attached hydrogens (primary N) is 1. The van der Waals surface area contributed by atoms with Crippen LogP contribution in [0.15, 0.2) is 18.2 Å². The molecule has 1 aromatic rings. The highest BCUT2D eigenvalue weighted by atomic mass is 16.5. The number of benzene rings is 1. The first-order chi connectivity index (χ1) is 19.0. The average molecular weight is 561 g/mol. The molecule has 6 atom stereocenters. The first-order valence-electron chi connectivity index (χ1n) is 14.7. The standard InChI is InChI=1S/C23H34O5.C8H14N2O2/c1-2-3-4-7-17(24)9-10-18-19-11-15-6-5-8-22(28-14-23(26)27)20(15)12-16(19)13-21(18)25;1-6(9)4-2-3-5-7(10)8(11)12/h5-6,8,16-19,21,24-25H,2-4,7,9-14H2,1H3,(H,26,27);7,9H,1-5,10H2/t16-,17-,18+,19-,21+;7-/m00/s1. The van der Waals surface area contributed by atoms with Gasteiger partial charge in [-0.05, 0) is 86.3 Å². The van der Waals surface area contributed by atoms with Gasteiger partial charge in [0.1, 0.15) is 25.3 Å². The number of carbonyl (C=O) groups is 2. The third-order valence-electron chi connectivity index (χ3n) is 8.23. The zero-order valence-electron chi connectivity index (χ0n) is 23.9. The van der Waals surface area contributed by atoms with Crippen LogP contribution in [0.1, 0.15) is 88.7 Å². The number of ether oxygens (including phenoxy) is 1. The van der Waals surface area contributed by atoms with E-state index in [0.29, 0.717) is 36.1 Å². The van der Waals surface area contributed by atoms with Crippen LogP contribution >= 0.6 is 0 Å². The number of nitrogens with one attached hydrogen (secondary N) is 1. The Morgan fingerprint density at radius 2 is 1.90 bits per heavy atom. The first kappa shape index (κ1) is 33.6. The summed E-state index contributed by atoms with van der Waals surface area (Å²) in [5, 5.41) is 47.1. The van der Waals surface area contributed by atoms with Crippen molar-refractivity contribution < 1.29 is 34.8 Å². The third kappa shape index (κ3) is 11.1. The molecule has 3 rings (SSSR count). The first-order valence-corrected chi connectivity index (χ1v) is 14.7. The minimum atomic E-state index is -1.22. The molecule has 1 saturated carbocycles. The van der Waals surface area contributed by atoms with Crippen molar-refractivity contribution in [1.82, 2.24) is 0 Å². The molecule has 2 aliphatic rings. The number of hydrogen-bond acceptors (Lipinski definition) is 8. The van der Waals surface area contributed by atoms with Gasteiger partial charge in [-0.15, -0.1) is 0 Å². The maximum absolute atomic E-state index is 10.7. The molecule has 1 aromatic carbocycles. The van der Waals surface area contributed by atoms with Gasteiger partial charge >= 0.3 is 5.97 Å². The van der Waals surface area contributed by atoms with Crippen LogP contribution in [-0.4, -0.2) is 57.8 Å². The molecule has 0 radical (unpaired) electrons. The monoisotopic (exact) mass is 560 g/mol. The maximum Gasteiger partial charge on any atom is 0.320 e. The summed E-state index contributed by atoms with van der Waals surface area (Å²) in [6.07, 6.45) is 10.4. The number of rotatable bonds is 16. The summed E-state index contributed by atoms with van der Waals surface area (Å²) >= 11 is 0. The number of aliphatic carboxylic acids is 2. The minimum Gasteiger partial charge on any atom is -0.546 e. The Balaban J connectivity index is 0.000000395. The smallest absolute Gasteiger partial charge is 0.320 e. The molecule has 9 nitrogen and oxygen atoms in total. The van der Waals surface area contributed by atoms with Gasteiger partial charge in [0.25, 0.3) is 0 Å². The van der Waals surface area contributed by atoms with Crippen LogP contribution < -0.4 is 15.6 Å². The number of fused-ring (bicyclic) bond motifs is 2. The highest BCUT2D eigenvalue weighted by Crippen LogP contribution is 2.48. The maximum atomic E-state index is 10.7. The Hall–Kier alpha value is -2.62. The Morgan fingerprint density at radius 3 is 2.55 bits per heavy atom. The van der Waals surface area contributed by atoms with Gasteiger partial charge in [0.2, 0.25) is 0 Å². The minimum absolute atomic E-state index is 0.228. The quantitative estimate of drug-likeness (QED) is 0.116. The topological polar surface area (TPSA) is 177 Å². The van der Waals surface area contributed by atoms with E-state index < -0.39 is 24.6 Å². The van der Waals surface area contributed by atoms with E-state index in [1.165, 1.54) is 5.56 Å². The van der Waals surface area contributed by atoms with Gasteiger partial charge in [0.05, 0.1) is 18.2 Å². The van der Waals surface area contributed by atoms with Crippen LogP contribution in [0.4, 0.5) is 0 Å². The van der Waals surface area contributed by atoms with Crippen LogP contribution in [0.5, 0.6) is 5.75 Å². The van der Waals surface area contributed by atoms with Crippen LogP contribution in [0, 0.1) is 30.1 Å². The fraction of sp³-hybridized carbons (Fsp3) is 0.677. The van der Waals surface area contributed by atoms with Gasteiger partial charge in [-0.1, -0.05) is 44.7 Å². The van der Waals surface area contributed by atoms with Crippen molar-refractivity contribution in [1.29, 1.82) is 5.41 Å². The van der Waals surface area contributed by atoms with Crippen molar-refractivity contribution in [3.05, 3.63) is 36.2 Å². The highest BCUT2D eigenvalue weighted by Gasteiger charge is 2.44. The van der Waals surface area contributed by atoms with Crippen molar-refractivity contribution in [3.8, 4) is 5.75 Å². The van der Waals surface area contributed by atoms with Gasteiger partial charge in [-0.25, -0.2) is 0 Å². The van der Waals surface area contributed by atoms with Gasteiger partial charge in [0, 0.05) is 6.42 Å². The predicted molar refractivity (Wildman–Crippen MR) is 152 cm³/mol. The lowest BCUT2D eigenvalue weighted by Gasteiger charge is -2.32. The number of carboxylic acid groups (broad SMARTS) is 2. The third-order valence-corrected chi connectivity index (χ3v) is 8.23. The van der Waals surface area contributed by atoms with Crippen molar-refractivity contribution in [2.75, 3.05) is 6.61 Å². The van der Waals surface area contributed by atoms with E-state index in [0.717, 1.165) is 76.2 Å². The van der Waals surface area contributed by atoms with Gasteiger partial charge < -0.3 is 35.7 Å². The number of carboxylic acids is 2. The lowest BCUT2D eigenvalue weighted by molar-refractivity contribution is -0.307. The molecule has 1 fully saturated rings. The van der Waals surface area contributed by atoms with Crippen LogP contribution in [0.25, 0.3) is 0 Å². The summed E-state index contributed by atoms with van der Waals surface area (Å²) in [5.74, 6) is -0.518. The van der Waals surface area contributed by atoms with E-state index in [1.807, 2.05) is 12.1 Å². The number of unbranched alkanes of at least 4 members (excludes halogenated alkanes) is 3. The van der Waals surface area contributed by atoms with Crippen molar-refractivity contribution in [2.45, 2.75) is 109 Å². The second-order valence-electron chi connectivity index (χ2n) is 11.4. The van der Waals surface area contributed by atoms with Crippen LogP contribution in [0.2, 0.25) is 0 Å². The number of hydrogen-bond donors (Lipinski definition) is 5. The molecule has 6 N–H and O–H groups in total. The summed E-state index contributed by atoms with van der Waals surface area (Å²) < 4.78 is 5.44. The molecule has 40 heavy (non-hydrogen) atoms. The molecule has 0 aromatic heterocycles. The SMILES string of the molecule is CCCCC[C@H](O)CC[C@@H]1[C@H]2Cc3cccc(OCC(=O)[O-])c3C[C@H]2C[C@H]1O.[CH2+]C(=N)CCCC[C@H](N)C(=O)O.